The molecule has 26 atom stereocenters. The summed E-state index contributed by atoms with van der Waals surface area (Å²) in [4.78, 5) is 14.3. The maximum absolute atomic E-state index is 14.3. The summed E-state index contributed by atoms with van der Waals surface area (Å²) in [6, 6.07) is 0. The first-order valence-electron chi connectivity index (χ1n) is 23.6. The molecule has 0 aromatic rings. The summed E-state index contributed by atoms with van der Waals surface area (Å²) in [7, 11) is 0. The second-order valence-corrected chi connectivity index (χ2v) is 20.7. The standard InChI is InChI=1S/C44H70O24/c1-41-6-3-7-42(2,40(60)67-38-33(59)30(56)26(52)20(14-48)63-38)22(41)4-8-43-10-17(11-45)44(16-43,9-5-23(41)43)68-39-35(66-37-32(58)29(55)25(51)19(13-47)62-37)34(27(53)21(15-49)64-39)65-36-31(57)28(54)24(50)18(12-46)61-36/h10,18-39,45-59H,3-9,11-16H2,1-2H3/t18?,19?,20?,21?,22-,23-,24?,25?,26?,27?,28?,29?,30?,31?,32?,33?,34?,35?,36?,37?,38?,39?,41+,42+,43+,44-/m0/s1. The van der Waals surface area contributed by atoms with Gasteiger partial charge in [-0.15, -0.1) is 0 Å². The van der Waals surface area contributed by atoms with Crippen LogP contribution in [0.15, 0.2) is 11.6 Å². The molecule has 4 aliphatic carbocycles. The van der Waals surface area contributed by atoms with E-state index in [2.05, 4.69) is 6.92 Å². The van der Waals surface area contributed by atoms with Crippen LogP contribution in [0.4, 0.5) is 0 Å². The first-order chi connectivity index (χ1) is 32.2. The molecule has 3 saturated carbocycles. The third kappa shape index (κ3) is 8.69. The normalized spacial score (nSPS) is 53.8. The molecule has 8 aliphatic rings. The van der Waals surface area contributed by atoms with Crippen LogP contribution in [0.2, 0.25) is 0 Å². The smallest absolute Gasteiger partial charge is 0.314 e. The molecule has 390 valence electrons. The maximum atomic E-state index is 14.3. The van der Waals surface area contributed by atoms with Gasteiger partial charge in [0.1, 0.15) is 97.7 Å². The third-order valence-corrected chi connectivity index (χ3v) is 17.0. The molecule has 4 aliphatic heterocycles. The number of aliphatic hydroxyl groups excluding tert-OH is 15. The predicted octanol–water partition coefficient (Wildman–Crippen LogP) is -6.14. The van der Waals surface area contributed by atoms with E-state index in [0.717, 1.165) is 6.42 Å². The second kappa shape index (κ2) is 20.0. The number of allylic oxidation sites excluding steroid dienone is 1. The number of carbonyl (C=O) groups excluding carboxylic acids is 1. The van der Waals surface area contributed by atoms with Crippen LogP contribution in [0, 0.1) is 28.1 Å². The van der Waals surface area contributed by atoms with E-state index < -0.39 is 184 Å². The summed E-state index contributed by atoms with van der Waals surface area (Å²) in [5.41, 5.74) is -3.10. The lowest BCUT2D eigenvalue weighted by Crippen LogP contribution is -2.68. The average molecular weight is 983 g/mol. The van der Waals surface area contributed by atoms with Crippen LogP contribution >= 0.6 is 0 Å². The lowest BCUT2D eigenvalue weighted by Gasteiger charge is -2.64. The van der Waals surface area contributed by atoms with Gasteiger partial charge in [-0.1, -0.05) is 19.4 Å². The second-order valence-electron chi connectivity index (χ2n) is 20.7. The Morgan fingerprint density at radius 2 is 1.03 bits per heavy atom. The lowest BCUT2D eigenvalue weighted by atomic mass is 9.40. The fraction of sp³-hybridized carbons (Fsp3) is 0.932. The first kappa shape index (κ1) is 52.6. The van der Waals surface area contributed by atoms with Crippen molar-refractivity contribution in [3.05, 3.63) is 11.6 Å². The molecule has 20 unspecified atom stereocenters. The van der Waals surface area contributed by atoms with Crippen LogP contribution in [0.1, 0.15) is 65.2 Å². The van der Waals surface area contributed by atoms with Gasteiger partial charge in [0, 0.05) is 0 Å². The number of aliphatic hydroxyl groups is 15. The minimum Gasteiger partial charge on any atom is -0.432 e. The number of rotatable bonds is 13. The SMILES string of the molecule is C[C@@]12CCC[C@@](C)(C(=O)OC3OC(CO)C(O)C(O)C3O)[C@H]1CC[C@]13C=C(CO)[C@](OC4OC(CO)C(O)C(OC5OC(CO)C(O)C(O)C5O)C4OC4OC(CO)C(O)C(O)C4O)(CC[C@H]12)C3. The van der Waals surface area contributed by atoms with Gasteiger partial charge in [0.25, 0.3) is 0 Å². The van der Waals surface area contributed by atoms with Gasteiger partial charge in [0.2, 0.25) is 6.29 Å². The Morgan fingerprint density at radius 1 is 0.559 bits per heavy atom. The molecule has 0 aromatic heterocycles. The molecular formula is C44H70O24. The molecule has 4 saturated heterocycles. The van der Waals surface area contributed by atoms with Gasteiger partial charge in [-0.25, -0.2) is 0 Å². The van der Waals surface area contributed by atoms with Crippen molar-refractivity contribution in [1.82, 2.24) is 0 Å². The number of fused-ring (bicyclic) bond motifs is 3. The Bertz CT molecular complexity index is 1790. The molecule has 24 nitrogen and oxygen atoms in total. The highest BCUT2D eigenvalue weighted by Gasteiger charge is 2.69. The largest absolute Gasteiger partial charge is 0.432 e. The van der Waals surface area contributed by atoms with E-state index in [1.807, 2.05) is 13.0 Å². The van der Waals surface area contributed by atoms with Crippen molar-refractivity contribution in [2.75, 3.05) is 33.0 Å². The molecular weight excluding hydrogens is 912 g/mol. The van der Waals surface area contributed by atoms with Crippen LogP contribution in [-0.4, -0.2) is 244 Å². The van der Waals surface area contributed by atoms with Gasteiger partial charge < -0.3 is 114 Å². The van der Waals surface area contributed by atoms with Gasteiger partial charge in [-0.2, -0.15) is 0 Å². The Morgan fingerprint density at radius 3 is 1.56 bits per heavy atom. The fourth-order valence-electron chi connectivity index (χ4n) is 13.4. The van der Waals surface area contributed by atoms with Crippen LogP contribution in [0.3, 0.4) is 0 Å². The van der Waals surface area contributed by atoms with Gasteiger partial charge >= 0.3 is 5.97 Å². The highest BCUT2D eigenvalue weighted by atomic mass is 16.8. The quantitative estimate of drug-likeness (QED) is 0.0464. The van der Waals surface area contributed by atoms with Crippen molar-refractivity contribution in [3.8, 4) is 0 Å². The maximum Gasteiger partial charge on any atom is 0.314 e. The zero-order valence-corrected chi connectivity index (χ0v) is 37.9. The van der Waals surface area contributed by atoms with Gasteiger partial charge in [-0.05, 0) is 80.1 Å². The van der Waals surface area contributed by atoms with E-state index in [0.29, 0.717) is 37.7 Å². The van der Waals surface area contributed by atoms with E-state index >= 15 is 0 Å². The fourth-order valence-corrected chi connectivity index (χ4v) is 13.4. The Labute approximate surface area is 391 Å². The molecule has 7 fully saturated rings. The monoisotopic (exact) mass is 982 g/mol. The summed E-state index contributed by atoms with van der Waals surface area (Å²) in [5.74, 6) is -1.03. The number of esters is 1. The highest BCUT2D eigenvalue weighted by Crippen LogP contribution is 2.72. The summed E-state index contributed by atoms with van der Waals surface area (Å²) in [5, 5.41) is 159. The molecule has 0 aromatic carbocycles. The molecule has 8 rings (SSSR count). The van der Waals surface area contributed by atoms with E-state index in [9.17, 15) is 81.4 Å². The van der Waals surface area contributed by atoms with Crippen molar-refractivity contribution in [1.29, 1.82) is 0 Å². The highest BCUT2D eigenvalue weighted by molar-refractivity contribution is 5.77. The Kier molecular flexibility index (Phi) is 15.5. The molecule has 4 heterocycles. The van der Waals surface area contributed by atoms with Gasteiger partial charge in [0.05, 0.1) is 44.1 Å². The molecule has 68 heavy (non-hydrogen) atoms. The van der Waals surface area contributed by atoms with Crippen molar-refractivity contribution in [2.24, 2.45) is 28.1 Å². The van der Waals surface area contributed by atoms with E-state index in [1.165, 1.54) is 0 Å². The molecule has 2 bridgehead atoms. The number of ether oxygens (including phenoxy) is 8. The van der Waals surface area contributed by atoms with Crippen molar-refractivity contribution in [3.63, 3.8) is 0 Å². The number of hydrogen-bond donors (Lipinski definition) is 15. The van der Waals surface area contributed by atoms with Crippen molar-refractivity contribution >= 4 is 5.97 Å². The molecule has 24 heteroatoms. The predicted molar refractivity (Wildman–Crippen MR) is 220 cm³/mol. The van der Waals surface area contributed by atoms with E-state index in [4.69, 9.17) is 37.9 Å². The zero-order valence-electron chi connectivity index (χ0n) is 37.9. The van der Waals surface area contributed by atoms with E-state index in [1.54, 1.807) is 0 Å². The summed E-state index contributed by atoms with van der Waals surface area (Å²) < 4.78 is 48.1. The molecule has 1 spiro atoms. The average Bonchev–Trinajstić information content (AvgIpc) is 3.55. The molecule has 15 N–H and O–H groups in total. The Balaban J connectivity index is 1.08. The van der Waals surface area contributed by atoms with Crippen molar-refractivity contribution in [2.45, 2.75) is 194 Å². The van der Waals surface area contributed by atoms with Crippen LogP contribution in [0.25, 0.3) is 0 Å². The summed E-state index contributed by atoms with van der Waals surface area (Å²) >= 11 is 0. The number of hydrogen-bond acceptors (Lipinski definition) is 24. The third-order valence-electron chi connectivity index (χ3n) is 17.0. The van der Waals surface area contributed by atoms with Crippen molar-refractivity contribution < 1.29 is 119 Å². The summed E-state index contributed by atoms with van der Waals surface area (Å²) in [6.07, 6.45) is -29.0. The van der Waals surface area contributed by atoms with Crippen LogP contribution in [0.5, 0.6) is 0 Å². The summed E-state index contributed by atoms with van der Waals surface area (Å²) in [6.45, 7) is 0.244. The van der Waals surface area contributed by atoms with E-state index in [-0.39, 0.29) is 24.7 Å². The number of carbonyl (C=O) groups is 1. The zero-order chi connectivity index (χ0) is 49.4. The molecule has 0 radical (unpaired) electrons. The minimum atomic E-state index is -1.99. The van der Waals surface area contributed by atoms with Gasteiger partial charge in [0.15, 0.2) is 18.9 Å². The van der Waals surface area contributed by atoms with Gasteiger partial charge in [-0.3, -0.25) is 4.79 Å². The van der Waals surface area contributed by atoms with Crippen LogP contribution < -0.4 is 0 Å². The molecule has 0 amide bonds. The van der Waals surface area contributed by atoms with Crippen LogP contribution in [-0.2, 0) is 42.7 Å². The first-order valence-corrected chi connectivity index (χ1v) is 23.6. The minimum absolute atomic E-state index is 0.100. The topological polar surface area (TPSA) is 394 Å². The Hall–Kier alpha value is -1.67. The lowest BCUT2D eigenvalue weighted by molar-refractivity contribution is -0.400.